The molecule has 2 rings (SSSR count). The van der Waals surface area contributed by atoms with Crippen LogP contribution in [0.3, 0.4) is 0 Å². The van der Waals surface area contributed by atoms with Crippen LogP contribution in [0.25, 0.3) is 0 Å². The first-order valence-corrected chi connectivity index (χ1v) is 34.8. The molecule has 25 nitrogen and oxygen atoms in total. The second kappa shape index (κ2) is 38.8. The normalized spacial score (nSPS) is 26.3. The lowest BCUT2D eigenvalue weighted by atomic mass is 9.91. The van der Waals surface area contributed by atoms with Gasteiger partial charge in [-0.15, -0.1) is 0 Å². The number of rotatable bonds is 20. The minimum Gasteiger partial charge on any atom is -0.390 e. The SMILES string of the molecule is C/C=C/C[C@@H](C)[C@@H](O)[C@@H]1C(=O)N[C@H](CC)C(=O)N(C)[C@H](CSCCn2cccn2)C(=O)N(C)[C@@H](CC(C)C)C(=O)N[C@H](C(C)C)C(=O)N(C)[C@H](CC(C)C)C(=O)N[C@H](C)C(=O)N[C@@H](C)C(=O)N(C)[C@H](CC(C)C)C(=O)N(C)[C@H](CC(C)C)C(=O)N(C)[C@H](C(C)C)C(=O)N1C. The van der Waals surface area contributed by atoms with Crippen molar-refractivity contribution in [2.45, 2.75) is 235 Å². The highest BCUT2D eigenvalue weighted by Crippen LogP contribution is 2.26. The Morgan fingerprint density at radius 1 is 0.500 bits per heavy atom. The molecule has 0 radical (unpaired) electrons. The van der Waals surface area contributed by atoms with Crippen LogP contribution >= 0.6 is 11.8 Å². The molecule has 26 heteroatoms. The second-order valence-corrected chi connectivity index (χ2v) is 29.3. The van der Waals surface area contributed by atoms with Gasteiger partial charge in [0.1, 0.15) is 66.5 Å². The van der Waals surface area contributed by atoms with Crippen LogP contribution in [-0.2, 0) is 59.3 Å². The van der Waals surface area contributed by atoms with Crippen LogP contribution in [0.4, 0.5) is 0 Å². The Balaban J connectivity index is 3.10. The molecule has 1 aromatic rings. The average molecular weight is 1340 g/mol. The number of hydrogen-bond donors (Lipinski definition) is 5. The van der Waals surface area contributed by atoms with Crippen LogP contribution in [0.1, 0.15) is 156 Å². The summed E-state index contributed by atoms with van der Waals surface area (Å²) in [4.78, 5) is 173. The van der Waals surface area contributed by atoms with E-state index in [9.17, 15) is 29.1 Å². The number of nitrogens with zero attached hydrogens (tertiary/aromatic N) is 9. The number of nitrogens with one attached hydrogen (secondary N) is 4. The van der Waals surface area contributed by atoms with Gasteiger partial charge in [0.15, 0.2) is 0 Å². The Bertz CT molecular complexity index is 2710. The van der Waals surface area contributed by atoms with E-state index in [-0.39, 0.29) is 61.5 Å². The Kier molecular flexibility index (Phi) is 34.5. The summed E-state index contributed by atoms with van der Waals surface area (Å²) < 4.78 is 1.72. The topological polar surface area (TPSA) is 297 Å². The van der Waals surface area contributed by atoms with Crippen LogP contribution in [0.2, 0.25) is 0 Å². The third-order valence-corrected chi connectivity index (χ3v) is 18.7. The number of aryl methyl sites for hydroxylation is 1. The molecular weight excluding hydrogens is 1220 g/mol. The van der Waals surface area contributed by atoms with Gasteiger partial charge in [-0.05, 0) is 107 Å². The van der Waals surface area contributed by atoms with Crippen molar-refractivity contribution in [3.05, 3.63) is 30.6 Å². The standard InChI is InChI=1S/C68H119N13O12S/c1-25-27-29-45(15)57(82)56-61(86)72-48(26-2)63(88)78(22)53(38-94-33-32-81-31-28-30-69-81)66(91)74(18)50(35-40(5)6)60(85)73-54(43(11)12)67(92)75(19)49(34-39(3)4)59(84)70-46(16)58(83)71-47(17)62(87)76(20)51(36-41(7)8)64(89)77(21)52(37-42(9)10)65(90)79(23)55(44(13)14)68(93)80(56)24/h25,27-28,30-31,39-57,82H,26,29,32-38H2,1-24H3,(H,70,84)(H,71,83)(H,72,86)(H,73,85)/b27-25+/t45-,46-,47+,48-,49-,50+,51-,52-,53-,54-,55-,56-,57-/m1/s1. The minimum atomic E-state index is -1.64. The summed E-state index contributed by atoms with van der Waals surface area (Å²) in [6.45, 7) is 30.5. The maximum absolute atomic E-state index is 15.4. The van der Waals surface area contributed by atoms with E-state index < -0.39 is 155 Å². The van der Waals surface area contributed by atoms with Gasteiger partial charge in [0, 0.05) is 79.8 Å². The molecule has 534 valence electrons. The van der Waals surface area contributed by atoms with Gasteiger partial charge in [0.05, 0.1) is 6.10 Å². The molecule has 1 fully saturated rings. The summed E-state index contributed by atoms with van der Waals surface area (Å²) in [6, 6.07) is -12.1. The van der Waals surface area contributed by atoms with Crippen molar-refractivity contribution in [2.75, 3.05) is 60.8 Å². The summed E-state index contributed by atoms with van der Waals surface area (Å²) >= 11 is 1.36. The predicted molar refractivity (Wildman–Crippen MR) is 367 cm³/mol. The lowest BCUT2D eigenvalue weighted by Crippen LogP contribution is -2.64. The molecule has 1 aromatic heterocycles. The van der Waals surface area contributed by atoms with E-state index in [0.29, 0.717) is 18.7 Å². The van der Waals surface area contributed by atoms with E-state index >= 15 is 28.8 Å². The largest absolute Gasteiger partial charge is 0.390 e. The Morgan fingerprint density at radius 2 is 0.936 bits per heavy atom. The maximum Gasteiger partial charge on any atom is 0.246 e. The van der Waals surface area contributed by atoms with Crippen molar-refractivity contribution in [2.24, 2.45) is 41.4 Å². The smallest absolute Gasteiger partial charge is 0.246 e. The molecule has 0 bridgehead atoms. The quantitative estimate of drug-likeness (QED) is 0.0901. The number of aliphatic hydroxyl groups is 1. The van der Waals surface area contributed by atoms with Crippen LogP contribution < -0.4 is 21.3 Å². The molecular formula is C68H119N13O12S. The van der Waals surface area contributed by atoms with Gasteiger partial charge in [0.25, 0.3) is 0 Å². The van der Waals surface area contributed by atoms with Gasteiger partial charge < -0.3 is 60.7 Å². The summed E-state index contributed by atoms with van der Waals surface area (Å²) in [5.74, 6) is -9.41. The molecule has 2 heterocycles. The van der Waals surface area contributed by atoms with E-state index in [4.69, 9.17) is 0 Å². The second-order valence-electron chi connectivity index (χ2n) is 28.2. The predicted octanol–water partition coefficient (Wildman–Crippen LogP) is 4.27. The van der Waals surface area contributed by atoms with Crippen LogP contribution in [-0.4, -0.2) is 248 Å². The van der Waals surface area contributed by atoms with E-state index in [1.807, 2.05) is 61.5 Å². The number of carbonyl (C=O) groups is 11. The zero-order chi connectivity index (χ0) is 72.1. The highest BCUT2D eigenvalue weighted by molar-refractivity contribution is 7.99. The summed E-state index contributed by atoms with van der Waals surface area (Å²) in [6.07, 6.45) is 6.36. The number of allylic oxidation sites excluding steroid dienone is 2. The molecule has 0 unspecified atom stereocenters. The van der Waals surface area contributed by atoms with Gasteiger partial charge in [0.2, 0.25) is 65.0 Å². The number of hydrogen-bond acceptors (Lipinski definition) is 14. The van der Waals surface area contributed by atoms with Crippen molar-refractivity contribution >= 4 is 76.7 Å². The summed E-state index contributed by atoms with van der Waals surface area (Å²) in [5.41, 5.74) is 0. The number of carbonyl (C=O) groups excluding carboxylic acids is 11. The van der Waals surface area contributed by atoms with Crippen LogP contribution in [0.15, 0.2) is 30.6 Å². The number of amides is 11. The average Bonchev–Trinajstić information content (AvgIpc) is 0.858. The van der Waals surface area contributed by atoms with Crippen LogP contribution in [0, 0.1) is 41.4 Å². The molecule has 1 aliphatic heterocycles. The molecule has 0 aromatic carbocycles. The monoisotopic (exact) mass is 1340 g/mol. The first-order chi connectivity index (χ1) is 43.7. The highest BCUT2D eigenvalue weighted by Gasteiger charge is 2.46. The molecule has 0 aliphatic carbocycles. The fourth-order valence-corrected chi connectivity index (χ4v) is 12.8. The lowest BCUT2D eigenvalue weighted by molar-refractivity contribution is -0.157. The van der Waals surface area contributed by atoms with E-state index in [2.05, 4.69) is 26.4 Å². The minimum absolute atomic E-state index is 0.00574. The van der Waals surface area contributed by atoms with E-state index in [1.165, 1.54) is 104 Å². The zero-order valence-corrected chi connectivity index (χ0v) is 61.9. The fraction of sp³-hybridized carbons (Fsp3) is 0.765. The molecule has 1 saturated heterocycles. The summed E-state index contributed by atoms with van der Waals surface area (Å²) in [7, 11) is 10.1. The van der Waals surface area contributed by atoms with E-state index in [0.717, 1.165) is 4.90 Å². The van der Waals surface area contributed by atoms with Crippen molar-refractivity contribution < 1.29 is 57.8 Å². The molecule has 13 atom stereocenters. The first-order valence-electron chi connectivity index (χ1n) is 33.6. The van der Waals surface area contributed by atoms with Gasteiger partial charge in [-0.25, -0.2) is 0 Å². The number of thioether (sulfide) groups is 1. The van der Waals surface area contributed by atoms with Gasteiger partial charge in [-0.2, -0.15) is 16.9 Å². The molecule has 5 N–H and O–H groups in total. The van der Waals surface area contributed by atoms with Crippen molar-refractivity contribution in [1.29, 1.82) is 0 Å². The first kappa shape index (κ1) is 83.5. The van der Waals surface area contributed by atoms with Crippen molar-refractivity contribution in [3.63, 3.8) is 0 Å². The Hall–Kier alpha value is -6.57. The number of aromatic nitrogens is 2. The molecule has 1 aliphatic rings. The summed E-state index contributed by atoms with van der Waals surface area (Å²) in [5, 5.41) is 27.8. The fourth-order valence-electron chi connectivity index (χ4n) is 11.8. The third kappa shape index (κ3) is 23.4. The maximum atomic E-state index is 15.4. The van der Waals surface area contributed by atoms with Gasteiger partial charge in [-0.1, -0.05) is 109 Å². The third-order valence-electron chi connectivity index (χ3n) is 17.7. The lowest BCUT2D eigenvalue weighted by Gasteiger charge is -2.41. The van der Waals surface area contributed by atoms with Crippen molar-refractivity contribution in [3.8, 4) is 0 Å². The zero-order valence-electron chi connectivity index (χ0n) is 61.1. The molecule has 94 heavy (non-hydrogen) atoms. The highest BCUT2D eigenvalue weighted by atomic mass is 32.2. The Labute approximate surface area is 565 Å². The van der Waals surface area contributed by atoms with Gasteiger partial charge in [-0.3, -0.25) is 57.4 Å². The van der Waals surface area contributed by atoms with Crippen molar-refractivity contribution in [1.82, 2.24) is 65.3 Å². The number of likely N-dealkylation sites (N-methyl/N-ethyl adjacent to an activating group) is 7. The number of aliphatic hydroxyl groups excluding tert-OH is 1. The van der Waals surface area contributed by atoms with E-state index in [1.54, 1.807) is 77.7 Å². The molecule has 11 amide bonds. The van der Waals surface area contributed by atoms with Gasteiger partial charge >= 0.3 is 0 Å². The Morgan fingerprint density at radius 3 is 1.40 bits per heavy atom. The van der Waals surface area contributed by atoms with Crippen LogP contribution in [0.5, 0.6) is 0 Å². The molecule has 0 saturated carbocycles. The molecule has 0 spiro atoms.